The topological polar surface area (TPSA) is 81.0 Å². The molecule has 0 spiro atoms. The minimum absolute atomic E-state index is 0.0428. The van der Waals surface area contributed by atoms with Crippen LogP contribution < -0.4 is 5.32 Å². The number of aromatic nitrogens is 2. The summed E-state index contributed by atoms with van der Waals surface area (Å²) < 4.78 is 0. The fourth-order valence-corrected chi connectivity index (χ4v) is 1.68. The Labute approximate surface area is 108 Å². The molecule has 0 aliphatic heterocycles. The number of nitrogens with zero attached hydrogens (tertiary/aromatic N) is 3. The van der Waals surface area contributed by atoms with Crippen LogP contribution in [0.15, 0.2) is 30.3 Å². The van der Waals surface area contributed by atoms with Crippen molar-refractivity contribution in [3.63, 3.8) is 0 Å². The zero-order valence-electron chi connectivity index (χ0n) is 9.42. The highest BCUT2D eigenvalue weighted by Gasteiger charge is 2.13. The second kappa shape index (κ2) is 4.97. The molecule has 92 valence electrons. The summed E-state index contributed by atoms with van der Waals surface area (Å²) >= 11 is 5.79. The maximum absolute atomic E-state index is 10.8. The number of hydrogen-bond donors (Lipinski definition) is 1. The summed E-state index contributed by atoms with van der Waals surface area (Å²) in [4.78, 5) is 18.4. The molecule has 1 N–H and O–H groups in total. The van der Waals surface area contributed by atoms with Crippen LogP contribution in [0.1, 0.15) is 5.69 Å². The predicted octanol–water partition coefficient (Wildman–Crippen LogP) is 3.09. The summed E-state index contributed by atoms with van der Waals surface area (Å²) in [6.07, 6.45) is 0. The number of benzene rings is 1. The van der Waals surface area contributed by atoms with Gasteiger partial charge in [-0.05, 0) is 19.1 Å². The van der Waals surface area contributed by atoms with E-state index in [0.29, 0.717) is 11.4 Å². The summed E-state index contributed by atoms with van der Waals surface area (Å²) in [5, 5.41) is 13.9. The van der Waals surface area contributed by atoms with Gasteiger partial charge >= 0.3 is 0 Å². The highest BCUT2D eigenvalue weighted by atomic mass is 35.5. The van der Waals surface area contributed by atoms with Crippen molar-refractivity contribution in [3.8, 4) is 0 Å². The lowest BCUT2D eigenvalue weighted by Crippen LogP contribution is -2.01. The Morgan fingerprint density at radius 3 is 2.72 bits per heavy atom. The average Bonchev–Trinajstić information content (AvgIpc) is 2.27. The normalized spacial score (nSPS) is 10.1. The molecule has 18 heavy (non-hydrogen) atoms. The first-order valence-corrected chi connectivity index (χ1v) is 5.45. The standard InChI is InChI=1S/C11H9ClN4O2/c1-7-6-10(12)15-11(13-7)14-8-4-2-3-5-9(8)16(17)18/h2-6H,1H3,(H,13,14,15). The zero-order valence-corrected chi connectivity index (χ0v) is 10.2. The Morgan fingerprint density at radius 1 is 1.33 bits per heavy atom. The third-order valence-corrected chi connectivity index (χ3v) is 2.36. The van der Waals surface area contributed by atoms with Crippen LogP contribution in [-0.4, -0.2) is 14.9 Å². The third kappa shape index (κ3) is 2.72. The van der Waals surface area contributed by atoms with Gasteiger partial charge in [-0.25, -0.2) is 9.97 Å². The van der Waals surface area contributed by atoms with Gasteiger partial charge in [-0.15, -0.1) is 0 Å². The Balaban J connectivity index is 2.37. The molecule has 6 nitrogen and oxygen atoms in total. The molecular weight excluding hydrogens is 256 g/mol. The van der Waals surface area contributed by atoms with E-state index in [2.05, 4.69) is 15.3 Å². The number of hydrogen-bond acceptors (Lipinski definition) is 5. The quantitative estimate of drug-likeness (QED) is 0.523. The van der Waals surface area contributed by atoms with Gasteiger partial charge in [0.1, 0.15) is 10.8 Å². The van der Waals surface area contributed by atoms with Crippen LogP contribution in [-0.2, 0) is 0 Å². The van der Waals surface area contributed by atoms with E-state index in [1.807, 2.05) is 0 Å². The van der Waals surface area contributed by atoms with E-state index < -0.39 is 4.92 Å². The number of aryl methyl sites for hydroxylation is 1. The zero-order chi connectivity index (χ0) is 13.1. The van der Waals surface area contributed by atoms with Crippen molar-refractivity contribution in [2.45, 2.75) is 6.92 Å². The van der Waals surface area contributed by atoms with Crippen molar-refractivity contribution >= 4 is 28.9 Å². The Morgan fingerprint density at radius 2 is 2.06 bits per heavy atom. The highest BCUT2D eigenvalue weighted by molar-refractivity contribution is 6.29. The fraction of sp³-hybridized carbons (Fsp3) is 0.0909. The number of nitro benzene ring substituents is 1. The monoisotopic (exact) mass is 264 g/mol. The van der Waals surface area contributed by atoms with Gasteiger partial charge in [0.2, 0.25) is 5.95 Å². The first kappa shape index (κ1) is 12.3. The molecule has 7 heteroatoms. The van der Waals surface area contributed by atoms with Gasteiger partial charge in [0.05, 0.1) is 4.92 Å². The van der Waals surface area contributed by atoms with E-state index in [9.17, 15) is 10.1 Å². The van der Waals surface area contributed by atoms with Gasteiger partial charge < -0.3 is 5.32 Å². The van der Waals surface area contributed by atoms with Crippen LogP contribution in [0.25, 0.3) is 0 Å². The molecule has 0 aliphatic rings. The van der Waals surface area contributed by atoms with Gasteiger partial charge in [-0.2, -0.15) is 0 Å². The second-order valence-corrected chi connectivity index (χ2v) is 3.94. The van der Waals surface area contributed by atoms with E-state index in [1.165, 1.54) is 6.07 Å². The molecule has 2 rings (SSSR count). The van der Waals surface area contributed by atoms with Crippen molar-refractivity contribution in [2.75, 3.05) is 5.32 Å². The van der Waals surface area contributed by atoms with E-state index >= 15 is 0 Å². The van der Waals surface area contributed by atoms with E-state index in [4.69, 9.17) is 11.6 Å². The predicted molar refractivity (Wildman–Crippen MR) is 68.2 cm³/mol. The lowest BCUT2D eigenvalue weighted by Gasteiger charge is -2.06. The summed E-state index contributed by atoms with van der Waals surface area (Å²) in [5.74, 6) is 0.231. The van der Waals surface area contributed by atoms with Gasteiger partial charge in [0.25, 0.3) is 5.69 Å². The first-order chi connectivity index (χ1) is 8.56. The molecule has 2 aromatic rings. The molecule has 0 amide bonds. The molecule has 1 aromatic heterocycles. The molecule has 1 aromatic carbocycles. The maximum atomic E-state index is 10.8. The molecule has 0 fully saturated rings. The maximum Gasteiger partial charge on any atom is 0.292 e. The van der Waals surface area contributed by atoms with Crippen LogP contribution in [0.2, 0.25) is 5.15 Å². The Bertz CT molecular complexity index is 583. The first-order valence-electron chi connectivity index (χ1n) is 5.08. The van der Waals surface area contributed by atoms with Crippen LogP contribution in [0, 0.1) is 17.0 Å². The number of para-hydroxylation sites is 2. The molecule has 0 saturated heterocycles. The smallest absolute Gasteiger partial charge is 0.292 e. The summed E-state index contributed by atoms with van der Waals surface area (Å²) in [6, 6.07) is 7.86. The van der Waals surface area contributed by atoms with Crippen molar-refractivity contribution < 1.29 is 4.92 Å². The molecular formula is C11H9ClN4O2. The minimum atomic E-state index is -0.472. The molecule has 0 bridgehead atoms. The molecule has 1 heterocycles. The summed E-state index contributed by atoms with van der Waals surface area (Å²) in [7, 11) is 0. The molecule has 0 radical (unpaired) electrons. The number of nitro groups is 1. The van der Waals surface area contributed by atoms with Gasteiger partial charge in [-0.3, -0.25) is 10.1 Å². The lowest BCUT2D eigenvalue weighted by atomic mass is 10.3. The van der Waals surface area contributed by atoms with Gasteiger partial charge in [0.15, 0.2) is 0 Å². The Hall–Kier alpha value is -2.21. The SMILES string of the molecule is Cc1cc(Cl)nc(Nc2ccccc2[N+](=O)[O-])n1. The third-order valence-electron chi connectivity index (χ3n) is 2.17. The van der Waals surface area contributed by atoms with Crippen LogP contribution >= 0.6 is 11.6 Å². The van der Waals surface area contributed by atoms with Crippen LogP contribution in [0.4, 0.5) is 17.3 Å². The van der Waals surface area contributed by atoms with E-state index in [-0.39, 0.29) is 16.8 Å². The fourth-order valence-electron chi connectivity index (χ4n) is 1.45. The number of anilines is 2. The molecule has 0 atom stereocenters. The number of nitrogens with one attached hydrogen (secondary N) is 1. The molecule has 0 unspecified atom stereocenters. The average molecular weight is 265 g/mol. The van der Waals surface area contributed by atoms with Crippen LogP contribution in [0.5, 0.6) is 0 Å². The van der Waals surface area contributed by atoms with Crippen molar-refractivity contribution in [2.24, 2.45) is 0 Å². The number of rotatable bonds is 3. The van der Waals surface area contributed by atoms with Gasteiger partial charge in [-0.1, -0.05) is 23.7 Å². The minimum Gasteiger partial charge on any atom is -0.318 e. The second-order valence-electron chi connectivity index (χ2n) is 3.55. The van der Waals surface area contributed by atoms with E-state index in [1.54, 1.807) is 31.2 Å². The largest absolute Gasteiger partial charge is 0.318 e. The lowest BCUT2D eigenvalue weighted by molar-refractivity contribution is -0.383. The summed E-state index contributed by atoms with van der Waals surface area (Å²) in [6.45, 7) is 1.76. The Kier molecular flexibility index (Phi) is 3.38. The van der Waals surface area contributed by atoms with Gasteiger partial charge in [0, 0.05) is 11.8 Å². The van der Waals surface area contributed by atoms with Crippen molar-refractivity contribution in [1.29, 1.82) is 0 Å². The highest BCUT2D eigenvalue weighted by Crippen LogP contribution is 2.25. The number of halogens is 1. The molecule has 0 saturated carbocycles. The van der Waals surface area contributed by atoms with Crippen LogP contribution in [0.3, 0.4) is 0 Å². The van der Waals surface area contributed by atoms with Crippen molar-refractivity contribution in [3.05, 3.63) is 51.3 Å². The summed E-state index contributed by atoms with van der Waals surface area (Å²) in [5.41, 5.74) is 0.957. The van der Waals surface area contributed by atoms with Crippen molar-refractivity contribution in [1.82, 2.24) is 9.97 Å². The van der Waals surface area contributed by atoms with E-state index in [0.717, 1.165) is 0 Å². The molecule has 0 aliphatic carbocycles.